The average molecular weight is 150 g/mol. The Kier molecular flexibility index (Phi) is 1.81. The molecule has 0 amide bonds. The lowest BCUT2D eigenvalue weighted by Gasteiger charge is -1.94. The Balaban J connectivity index is 3.29. The van der Waals surface area contributed by atoms with E-state index in [1.807, 2.05) is 13.0 Å². The van der Waals surface area contributed by atoms with Gasteiger partial charge < -0.3 is 5.73 Å². The number of aryl methyl sites for hydroxylation is 2. The molecular weight excluding hydrogens is 140 g/mol. The van der Waals surface area contributed by atoms with Crippen LogP contribution >= 0.6 is 0 Å². The topological polar surface area (TPSA) is 67.6 Å². The number of hydrogen-bond donors (Lipinski definition) is 1. The van der Waals surface area contributed by atoms with Crippen molar-refractivity contribution in [3.8, 4) is 6.07 Å². The number of aromatic nitrogens is 2. The highest BCUT2D eigenvalue weighted by Gasteiger charge is 2.09. The van der Waals surface area contributed by atoms with E-state index in [-0.39, 0.29) is 0 Å². The molecule has 0 unspecified atom stereocenters. The van der Waals surface area contributed by atoms with Crippen molar-refractivity contribution in [2.45, 2.75) is 20.4 Å². The fourth-order valence-electron chi connectivity index (χ4n) is 0.942. The Bertz CT molecular complexity index is 305. The zero-order valence-electron chi connectivity index (χ0n) is 6.63. The number of anilines is 1. The monoisotopic (exact) mass is 150 g/mol. The normalized spacial score (nSPS) is 9.55. The third-order valence-electron chi connectivity index (χ3n) is 1.58. The Labute approximate surface area is 65.2 Å². The van der Waals surface area contributed by atoms with E-state index in [9.17, 15) is 0 Å². The molecule has 2 N–H and O–H groups in total. The smallest absolute Gasteiger partial charge is 0.161 e. The third kappa shape index (κ3) is 1.05. The van der Waals surface area contributed by atoms with E-state index in [2.05, 4.69) is 5.10 Å². The Morgan fingerprint density at radius 1 is 1.73 bits per heavy atom. The Hall–Kier alpha value is -1.50. The fraction of sp³-hybridized carbons (Fsp3) is 0.429. The first-order valence-electron chi connectivity index (χ1n) is 3.43. The third-order valence-corrected chi connectivity index (χ3v) is 1.58. The molecule has 58 valence electrons. The molecule has 0 saturated heterocycles. The van der Waals surface area contributed by atoms with Crippen LogP contribution in [0.3, 0.4) is 0 Å². The molecule has 1 rings (SSSR count). The molecule has 0 radical (unpaired) electrons. The summed E-state index contributed by atoms with van der Waals surface area (Å²) in [4.78, 5) is 0. The molecule has 0 aliphatic carbocycles. The van der Waals surface area contributed by atoms with Crippen LogP contribution in [0.15, 0.2) is 0 Å². The van der Waals surface area contributed by atoms with Crippen LogP contribution in [0, 0.1) is 18.3 Å². The summed E-state index contributed by atoms with van der Waals surface area (Å²) >= 11 is 0. The minimum absolute atomic E-state index is 0.463. The van der Waals surface area contributed by atoms with E-state index in [1.54, 1.807) is 11.6 Å². The number of nitrogens with two attached hydrogens (primary N) is 1. The summed E-state index contributed by atoms with van der Waals surface area (Å²) in [6.07, 6.45) is 0. The molecule has 1 aromatic heterocycles. The van der Waals surface area contributed by atoms with E-state index in [0.29, 0.717) is 17.9 Å². The first-order valence-corrected chi connectivity index (χ1v) is 3.43. The molecule has 0 saturated carbocycles. The highest BCUT2D eigenvalue weighted by atomic mass is 15.3. The van der Waals surface area contributed by atoms with Crippen LogP contribution in [0.2, 0.25) is 0 Å². The number of hydrogen-bond acceptors (Lipinski definition) is 3. The van der Waals surface area contributed by atoms with Crippen molar-refractivity contribution in [2.75, 3.05) is 5.73 Å². The average Bonchev–Trinajstić information content (AvgIpc) is 2.28. The highest BCUT2D eigenvalue weighted by Crippen LogP contribution is 2.14. The molecule has 0 spiro atoms. The molecular formula is C7H10N4. The zero-order chi connectivity index (χ0) is 8.43. The molecule has 0 aliphatic rings. The Morgan fingerprint density at radius 2 is 2.36 bits per heavy atom. The van der Waals surface area contributed by atoms with Gasteiger partial charge in [0.2, 0.25) is 0 Å². The second-order valence-electron chi connectivity index (χ2n) is 2.28. The van der Waals surface area contributed by atoms with E-state index in [1.165, 1.54) is 0 Å². The molecule has 0 aromatic carbocycles. The van der Waals surface area contributed by atoms with Crippen LogP contribution in [-0.2, 0) is 6.54 Å². The van der Waals surface area contributed by atoms with Gasteiger partial charge in [-0.25, -0.2) is 0 Å². The van der Waals surface area contributed by atoms with Gasteiger partial charge in [-0.1, -0.05) is 0 Å². The molecule has 0 aliphatic heterocycles. The van der Waals surface area contributed by atoms with Crippen molar-refractivity contribution in [2.24, 2.45) is 0 Å². The zero-order valence-corrected chi connectivity index (χ0v) is 6.63. The molecule has 4 heteroatoms. The van der Waals surface area contributed by atoms with E-state index in [4.69, 9.17) is 11.0 Å². The lowest BCUT2D eigenvalue weighted by molar-refractivity contribution is 0.645. The maximum atomic E-state index is 8.65. The van der Waals surface area contributed by atoms with Crippen LogP contribution in [-0.4, -0.2) is 9.78 Å². The van der Waals surface area contributed by atoms with E-state index < -0.39 is 0 Å². The van der Waals surface area contributed by atoms with Gasteiger partial charge in [0.1, 0.15) is 6.07 Å². The van der Waals surface area contributed by atoms with Crippen molar-refractivity contribution in [1.82, 2.24) is 9.78 Å². The van der Waals surface area contributed by atoms with Crippen molar-refractivity contribution < 1.29 is 0 Å². The molecule has 11 heavy (non-hydrogen) atoms. The van der Waals surface area contributed by atoms with Gasteiger partial charge in [0, 0.05) is 6.54 Å². The van der Waals surface area contributed by atoms with Crippen LogP contribution in [0.4, 0.5) is 5.69 Å². The summed E-state index contributed by atoms with van der Waals surface area (Å²) in [5.41, 5.74) is 7.27. The number of nitrogen functional groups attached to an aromatic ring is 1. The van der Waals surface area contributed by atoms with Crippen molar-refractivity contribution in [1.29, 1.82) is 5.26 Å². The van der Waals surface area contributed by atoms with E-state index in [0.717, 1.165) is 5.69 Å². The van der Waals surface area contributed by atoms with Crippen molar-refractivity contribution in [3.63, 3.8) is 0 Å². The van der Waals surface area contributed by atoms with Gasteiger partial charge in [0.15, 0.2) is 5.69 Å². The van der Waals surface area contributed by atoms with Gasteiger partial charge in [-0.15, -0.1) is 0 Å². The van der Waals surface area contributed by atoms with Crippen molar-refractivity contribution >= 4 is 5.69 Å². The minimum Gasteiger partial charge on any atom is -0.395 e. The van der Waals surface area contributed by atoms with Gasteiger partial charge in [-0.05, 0) is 13.8 Å². The molecule has 4 nitrogen and oxygen atoms in total. The van der Waals surface area contributed by atoms with Gasteiger partial charge in [0.05, 0.1) is 11.4 Å². The number of nitrogens with zero attached hydrogens (tertiary/aromatic N) is 3. The highest BCUT2D eigenvalue weighted by molar-refractivity contribution is 5.53. The van der Waals surface area contributed by atoms with Gasteiger partial charge in [-0.3, -0.25) is 4.68 Å². The standard InChI is InChI=1S/C7H10N4/c1-3-11-6(4-8)7(9)5(2)10-11/h3,9H2,1-2H3. The van der Waals surface area contributed by atoms with Gasteiger partial charge in [0.25, 0.3) is 0 Å². The molecule has 1 aromatic rings. The van der Waals surface area contributed by atoms with Crippen LogP contribution in [0.1, 0.15) is 18.3 Å². The van der Waals surface area contributed by atoms with E-state index >= 15 is 0 Å². The summed E-state index contributed by atoms with van der Waals surface area (Å²) in [5.74, 6) is 0. The second kappa shape index (κ2) is 2.62. The first-order chi connectivity index (χ1) is 5.20. The maximum absolute atomic E-state index is 8.65. The summed E-state index contributed by atoms with van der Waals surface area (Å²) < 4.78 is 1.60. The van der Waals surface area contributed by atoms with Gasteiger partial charge >= 0.3 is 0 Å². The predicted octanol–water partition coefficient (Wildman–Crippen LogP) is 0.665. The lowest BCUT2D eigenvalue weighted by Crippen LogP contribution is -2.00. The number of rotatable bonds is 1. The molecule has 0 fully saturated rings. The second-order valence-corrected chi connectivity index (χ2v) is 2.28. The largest absolute Gasteiger partial charge is 0.395 e. The van der Waals surface area contributed by atoms with Gasteiger partial charge in [-0.2, -0.15) is 10.4 Å². The summed E-state index contributed by atoms with van der Waals surface area (Å²) in [6.45, 7) is 4.40. The van der Waals surface area contributed by atoms with Crippen molar-refractivity contribution in [3.05, 3.63) is 11.4 Å². The maximum Gasteiger partial charge on any atom is 0.161 e. The molecule has 0 atom stereocenters. The van der Waals surface area contributed by atoms with Crippen LogP contribution < -0.4 is 5.73 Å². The quantitative estimate of drug-likeness (QED) is 0.639. The number of nitriles is 1. The van der Waals surface area contributed by atoms with Crippen LogP contribution in [0.5, 0.6) is 0 Å². The predicted molar refractivity (Wildman–Crippen MR) is 41.8 cm³/mol. The summed E-state index contributed by atoms with van der Waals surface area (Å²) in [6, 6.07) is 2.01. The molecule has 0 bridgehead atoms. The fourth-order valence-corrected chi connectivity index (χ4v) is 0.942. The minimum atomic E-state index is 0.463. The molecule has 1 heterocycles. The summed E-state index contributed by atoms with van der Waals surface area (Å²) in [5, 5.41) is 12.7. The lowest BCUT2D eigenvalue weighted by atomic mass is 10.3. The Morgan fingerprint density at radius 3 is 2.73 bits per heavy atom. The van der Waals surface area contributed by atoms with Crippen LogP contribution in [0.25, 0.3) is 0 Å². The summed E-state index contributed by atoms with van der Waals surface area (Å²) in [7, 11) is 0. The SMILES string of the molecule is CCn1nc(C)c(N)c1C#N. The first kappa shape index (κ1) is 7.61.